The van der Waals surface area contributed by atoms with Crippen LogP contribution in [0.3, 0.4) is 0 Å². The van der Waals surface area contributed by atoms with Crippen LogP contribution in [-0.2, 0) is 14.0 Å². The second kappa shape index (κ2) is 6.43. The summed E-state index contributed by atoms with van der Waals surface area (Å²) in [7, 11) is 0.788. The van der Waals surface area contributed by atoms with Crippen LogP contribution in [0.25, 0.3) is 6.08 Å². The van der Waals surface area contributed by atoms with Gasteiger partial charge in [0, 0.05) is 6.54 Å². The molecule has 0 atom stereocenters. The summed E-state index contributed by atoms with van der Waals surface area (Å²) >= 11 is 0. The molecule has 23 heavy (non-hydrogen) atoms. The fourth-order valence-corrected chi connectivity index (χ4v) is 2.16. The molecule has 0 unspecified atom stereocenters. The summed E-state index contributed by atoms with van der Waals surface area (Å²) in [6.07, 6.45) is 1.79. The molecule has 2 heterocycles. The van der Waals surface area contributed by atoms with Crippen LogP contribution in [0.5, 0.6) is 0 Å². The average Bonchev–Trinajstić information content (AvgIpc) is 2.72. The van der Waals surface area contributed by atoms with E-state index in [-0.39, 0.29) is 12.2 Å². The largest absolute Gasteiger partial charge is 0.491 e. The number of ether oxygens (including phenoxy) is 1. The van der Waals surface area contributed by atoms with E-state index in [0.29, 0.717) is 5.69 Å². The van der Waals surface area contributed by atoms with Gasteiger partial charge in [-0.2, -0.15) is 0 Å². The summed E-state index contributed by atoms with van der Waals surface area (Å²) in [6, 6.07) is 5.12. The lowest BCUT2D eigenvalue weighted by Crippen LogP contribution is -2.41. The van der Waals surface area contributed by atoms with Crippen molar-refractivity contribution in [3.8, 4) is 0 Å². The number of carbonyl (C=O) groups excluding carboxylic acids is 1. The Morgan fingerprint density at radius 3 is 2.43 bits per heavy atom. The maximum absolute atomic E-state index is 11.6. The Hall–Kier alpha value is -1.70. The minimum atomic E-state index is -0.534. The lowest BCUT2D eigenvalue weighted by molar-refractivity contribution is 0.00578. The van der Waals surface area contributed by atoms with Crippen LogP contribution in [-0.4, -0.2) is 42.9 Å². The van der Waals surface area contributed by atoms with Crippen LogP contribution in [0, 0.1) is 0 Å². The minimum absolute atomic E-state index is 0.242. The van der Waals surface area contributed by atoms with Crippen LogP contribution in [0.1, 0.15) is 43.9 Å². The Kier molecular flexibility index (Phi) is 4.94. The number of esters is 1. The number of aromatic nitrogens is 1. The molecular weight excluding hydrogens is 295 g/mol. The van der Waals surface area contributed by atoms with Gasteiger partial charge in [-0.15, -0.1) is 0 Å². The number of carbonyl (C=O) groups is 1. The predicted octanol–water partition coefficient (Wildman–Crippen LogP) is 1.84. The molecule has 0 spiro atoms. The molecular formula is C16H23BN2O4. The van der Waals surface area contributed by atoms with Crippen LogP contribution >= 0.6 is 0 Å². The SMILES string of the molecule is COC(=O)c1cccc(C=C(CN)B2OC(C)(C)C(C)(C)O2)n1. The molecule has 6 nitrogen and oxygen atoms in total. The van der Waals surface area contributed by atoms with Gasteiger partial charge >= 0.3 is 13.1 Å². The number of nitrogens with two attached hydrogens (primary N) is 1. The maximum Gasteiger partial charge on any atom is 0.491 e. The van der Waals surface area contributed by atoms with Crippen LogP contribution in [0.2, 0.25) is 0 Å². The van der Waals surface area contributed by atoms with Gasteiger partial charge in [0.15, 0.2) is 0 Å². The Bertz CT molecular complexity index is 612. The zero-order chi connectivity index (χ0) is 17.3. The van der Waals surface area contributed by atoms with Gasteiger partial charge in [-0.05, 0) is 51.4 Å². The zero-order valence-electron chi connectivity index (χ0n) is 14.3. The smallest absolute Gasteiger partial charge is 0.464 e. The molecule has 2 rings (SSSR count). The first kappa shape index (κ1) is 17.7. The van der Waals surface area contributed by atoms with Crippen molar-refractivity contribution in [2.45, 2.75) is 38.9 Å². The highest BCUT2D eigenvalue weighted by atomic mass is 16.7. The molecule has 0 aromatic carbocycles. The summed E-state index contributed by atoms with van der Waals surface area (Å²) in [4.78, 5) is 15.8. The number of hydrogen-bond donors (Lipinski definition) is 1. The summed E-state index contributed by atoms with van der Waals surface area (Å²) in [5.74, 6) is -0.481. The fourth-order valence-electron chi connectivity index (χ4n) is 2.16. The number of nitrogens with zero attached hydrogens (tertiary/aromatic N) is 1. The molecule has 7 heteroatoms. The molecule has 0 aliphatic carbocycles. The summed E-state index contributed by atoms with van der Waals surface area (Å²) < 4.78 is 16.7. The van der Waals surface area contributed by atoms with Gasteiger partial charge in [-0.25, -0.2) is 9.78 Å². The van der Waals surface area contributed by atoms with E-state index in [2.05, 4.69) is 9.72 Å². The van der Waals surface area contributed by atoms with Crippen molar-refractivity contribution >= 4 is 19.2 Å². The zero-order valence-corrected chi connectivity index (χ0v) is 14.3. The molecule has 0 amide bonds. The van der Waals surface area contributed by atoms with E-state index in [4.69, 9.17) is 15.0 Å². The van der Waals surface area contributed by atoms with Crippen molar-refractivity contribution in [3.63, 3.8) is 0 Å². The van der Waals surface area contributed by atoms with Crippen molar-refractivity contribution < 1.29 is 18.8 Å². The number of hydrogen-bond acceptors (Lipinski definition) is 6. The van der Waals surface area contributed by atoms with E-state index in [1.807, 2.05) is 27.7 Å². The quantitative estimate of drug-likeness (QED) is 0.674. The van der Waals surface area contributed by atoms with Gasteiger partial charge in [0.25, 0.3) is 0 Å². The van der Waals surface area contributed by atoms with E-state index < -0.39 is 24.3 Å². The number of rotatable bonds is 4. The molecule has 1 aliphatic rings. The van der Waals surface area contributed by atoms with E-state index in [0.717, 1.165) is 5.47 Å². The van der Waals surface area contributed by atoms with E-state index in [9.17, 15) is 4.79 Å². The number of methoxy groups -OCH3 is 1. The van der Waals surface area contributed by atoms with Gasteiger partial charge in [0.1, 0.15) is 5.69 Å². The molecule has 124 valence electrons. The van der Waals surface area contributed by atoms with Crippen molar-refractivity contribution in [1.82, 2.24) is 4.98 Å². The number of pyridine rings is 1. The second-order valence-electron chi connectivity index (χ2n) is 6.45. The first-order valence-corrected chi connectivity index (χ1v) is 7.52. The van der Waals surface area contributed by atoms with Crippen molar-refractivity contribution in [1.29, 1.82) is 0 Å². The normalized spacial score (nSPS) is 19.7. The lowest BCUT2D eigenvalue weighted by Gasteiger charge is -2.32. The third-order valence-electron chi connectivity index (χ3n) is 4.29. The maximum atomic E-state index is 11.6. The first-order valence-electron chi connectivity index (χ1n) is 7.52. The second-order valence-corrected chi connectivity index (χ2v) is 6.45. The molecule has 1 aliphatic heterocycles. The van der Waals surface area contributed by atoms with Crippen molar-refractivity contribution in [2.24, 2.45) is 5.73 Å². The van der Waals surface area contributed by atoms with Gasteiger partial charge < -0.3 is 19.8 Å². The van der Waals surface area contributed by atoms with Crippen LogP contribution < -0.4 is 5.73 Å². The summed E-state index contributed by atoms with van der Waals surface area (Å²) in [6.45, 7) is 8.20. The third kappa shape index (κ3) is 3.63. The minimum Gasteiger partial charge on any atom is -0.464 e. The van der Waals surface area contributed by atoms with Gasteiger partial charge in [0.2, 0.25) is 0 Å². The average molecular weight is 318 g/mol. The van der Waals surface area contributed by atoms with Crippen LogP contribution in [0.4, 0.5) is 0 Å². The molecule has 1 saturated heterocycles. The summed E-state index contributed by atoms with van der Waals surface area (Å²) in [5.41, 5.74) is 6.58. The molecule has 1 aromatic heterocycles. The summed E-state index contributed by atoms with van der Waals surface area (Å²) in [5, 5.41) is 0. The Morgan fingerprint density at radius 1 is 1.30 bits per heavy atom. The Balaban J connectivity index is 2.28. The Labute approximate surface area is 137 Å². The van der Waals surface area contributed by atoms with E-state index in [1.165, 1.54) is 7.11 Å². The first-order chi connectivity index (χ1) is 10.7. The molecule has 0 radical (unpaired) electrons. The lowest BCUT2D eigenvalue weighted by atomic mass is 9.77. The van der Waals surface area contributed by atoms with Gasteiger partial charge in [-0.3, -0.25) is 0 Å². The highest BCUT2D eigenvalue weighted by Crippen LogP contribution is 2.38. The van der Waals surface area contributed by atoms with Crippen LogP contribution in [0.15, 0.2) is 23.7 Å². The highest BCUT2D eigenvalue weighted by Gasteiger charge is 2.52. The fraction of sp³-hybridized carbons (Fsp3) is 0.500. The highest BCUT2D eigenvalue weighted by molar-refractivity contribution is 6.55. The Morgan fingerprint density at radius 2 is 1.91 bits per heavy atom. The molecule has 2 N–H and O–H groups in total. The molecule has 1 aromatic rings. The topological polar surface area (TPSA) is 83.7 Å². The van der Waals surface area contributed by atoms with Crippen molar-refractivity contribution in [3.05, 3.63) is 35.1 Å². The van der Waals surface area contributed by atoms with E-state index in [1.54, 1.807) is 24.3 Å². The monoisotopic (exact) mass is 318 g/mol. The predicted molar refractivity (Wildman–Crippen MR) is 88.7 cm³/mol. The van der Waals surface area contributed by atoms with Crippen molar-refractivity contribution in [2.75, 3.05) is 13.7 Å². The van der Waals surface area contributed by atoms with Gasteiger partial charge in [-0.1, -0.05) is 6.07 Å². The van der Waals surface area contributed by atoms with E-state index >= 15 is 0 Å². The van der Waals surface area contributed by atoms with Gasteiger partial charge in [0.05, 0.1) is 24.0 Å². The third-order valence-corrected chi connectivity index (χ3v) is 4.29. The molecule has 0 bridgehead atoms. The molecule has 1 fully saturated rings. The molecule has 0 saturated carbocycles. The standard InChI is InChI=1S/C16H23BN2O4/c1-15(2)16(3,4)23-17(22-15)11(10-18)9-12-7-6-8-13(19-12)14(20)21-5/h6-9H,10,18H2,1-5H3.